The summed E-state index contributed by atoms with van der Waals surface area (Å²) in [4.78, 5) is 2.58. The second-order valence-electron chi connectivity index (χ2n) is 7.56. The molecule has 0 spiro atoms. The van der Waals surface area contributed by atoms with Crippen LogP contribution in [0.3, 0.4) is 0 Å². The quantitative estimate of drug-likeness (QED) is 0.791. The Hall–Kier alpha value is -0.120. The monoisotopic (exact) mass is 296 g/mol. The number of nitrogens with zero attached hydrogens (tertiary/aromatic N) is 1. The molecular weight excluding hydrogens is 260 g/mol. The summed E-state index contributed by atoms with van der Waals surface area (Å²) in [6.45, 7) is 9.96. The predicted molar refractivity (Wildman–Crippen MR) is 89.5 cm³/mol. The minimum Gasteiger partial charge on any atom is -0.393 e. The minimum atomic E-state index is -0.184. The molecule has 1 heterocycles. The van der Waals surface area contributed by atoms with E-state index in [-0.39, 0.29) is 6.10 Å². The van der Waals surface area contributed by atoms with Crippen LogP contribution in [-0.2, 0) is 0 Å². The van der Waals surface area contributed by atoms with Gasteiger partial charge in [0.15, 0.2) is 0 Å². The zero-order chi connectivity index (χ0) is 15.2. The van der Waals surface area contributed by atoms with Crippen molar-refractivity contribution in [1.82, 2.24) is 10.2 Å². The highest BCUT2D eigenvalue weighted by Crippen LogP contribution is 2.25. The number of hydrogen-bond donors (Lipinski definition) is 2. The van der Waals surface area contributed by atoms with Gasteiger partial charge in [0.05, 0.1) is 6.10 Å². The fourth-order valence-electron chi connectivity index (χ4n) is 4.01. The molecule has 1 aliphatic carbocycles. The smallest absolute Gasteiger partial charge is 0.0553 e. The van der Waals surface area contributed by atoms with E-state index < -0.39 is 0 Å². The molecule has 2 fully saturated rings. The Morgan fingerprint density at radius 3 is 2.48 bits per heavy atom. The summed E-state index contributed by atoms with van der Waals surface area (Å²) >= 11 is 0. The molecule has 3 heteroatoms. The van der Waals surface area contributed by atoms with E-state index in [4.69, 9.17) is 0 Å². The Bertz CT molecular complexity index is 289. The number of likely N-dealkylation sites (tertiary alicyclic amines) is 1. The molecule has 1 aliphatic heterocycles. The molecule has 0 aromatic heterocycles. The predicted octanol–water partition coefficient (Wildman–Crippen LogP) is 3.03. The largest absolute Gasteiger partial charge is 0.393 e. The molecule has 2 N–H and O–H groups in total. The molecule has 4 atom stereocenters. The second kappa shape index (κ2) is 8.50. The zero-order valence-electron chi connectivity index (χ0n) is 14.4. The molecule has 0 aromatic carbocycles. The van der Waals surface area contributed by atoms with Crippen molar-refractivity contribution in [2.24, 2.45) is 11.8 Å². The number of piperidine rings is 1. The third-order valence-corrected chi connectivity index (χ3v) is 5.83. The molecule has 0 bridgehead atoms. The summed E-state index contributed by atoms with van der Waals surface area (Å²) in [7, 11) is 0. The lowest BCUT2D eigenvalue weighted by Gasteiger charge is -2.42. The fraction of sp³-hybridized carbons (Fsp3) is 1.00. The van der Waals surface area contributed by atoms with Crippen molar-refractivity contribution in [2.45, 2.75) is 83.9 Å². The molecule has 1 saturated carbocycles. The average molecular weight is 296 g/mol. The maximum absolute atomic E-state index is 10.0. The second-order valence-corrected chi connectivity index (χ2v) is 7.56. The van der Waals surface area contributed by atoms with Crippen LogP contribution < -0.4 is 5.32 Å². The van der Waals surface area contributed by atoms with Crippen molar-refractivity contribution in [1.29, 1.82) is 0 Å². The van der Waals surface area contributed by atoms with Crippen LogP contribution in [0.2, 0.25) is 0 Å². The number of rotatable bonds is 6. The number of aliphatic hydroxyl groups excluding tert-OH is 1. The third-order valence-electron chi connectivity index (χ3n) is 5.83. The number of aliphatic hydroxyl groups is 1. The van der Waals surface area contributed by atoms with E-state index in [9.17, 15) is 5.11 Å². The third kappa shape index (κ3) is 5.22. The van der Waals surface area contributed by atoms with E-state index >= 15 is 0 Å². The Morgan fingerprint density at radius 1 is 1.14 bits per heavy atom. The topological polar surface area (TPSA) is 35.5 Å². The first-order valence-electron chi connectivity index (χ1n) is 9.25. The van der Waals surface area contributed by atoms with Gasteiger partial charge in [0.1, 0.15) is 0 Å². The standard InChI is InChI=1S/C18H36N2O/c1-4-14(2)20-12-17(15(3)21)10-18(13-20)19-11-16-8-6-5-7-9-16/h14-19,21H,4-13H2,1-3H3. The van der Waals surface area contributed by atoms with E-state index in [0.29, 0.717) is 18.0 Å². The van der Waals surface area contributed by atoms with Crippen molar-refractivity contribution in [2.75, 3.05) is 19.6 Å². The molecule has 124 valence electrons. The van der Waals surface area contributed by atoms with E-state index in [2.05, 4.69) is 24.1 Å². The van der Waals surface area contributed by atoms with Crippen LogP contribution in [0.15, 0.2) is 0 Å². The number of hydrogen-bond acceptors (Lipinski definition) is 3. The van der Waals surface area contributed by atoms with Crippen LogP contribution in [0.5, 0.6) is 0 Å². The Balaban J connectivity index is 1.84. The van der Waals surface area contributed by atoms with Crippen molar-refractivity contribution < 1.29 is 5.11 Å². The highest BCUT2D eigenvalue weighted by atomic mass is 16.3. The molecule has 2 aliphatic rings. The number of nitrogens with one attached hydrogen (secondary N) is 1. The van der Waals surface area contributed by atoms with Crippen LogP contribution in [0, 0.1) is 11.8 Å². The first-order valence-corrected chi connectivity index (χ1v) is 9.25. The van der Waals surface area contributed by atoms with Gasteiger partial charge < -0.3 is 10.4 Å². The highest BCUT2D eigenvalue weighted by Gasteiger charge is 2.31. The van der Waals surface area contributed by atoms with E-state index in [0.717, 1.165) is 25.4 Å². The van der Waals surface area contributed by atoms with E-state index in [1.54, 1.807) is 0 Å². The summed E-state index contributed by atoms with van der Waals surface area (Å²) in [5.74, 6) is 1.32. The zero-order valence-corrected chi connectivity index (χ0v) is 14.4. The summed E-state index contributed by atoms with van der Waals surface area (Å²) in [5, 5.41) is 13.9. The molecule has 1 saturated heterocycles. The summed E-state index contributed by atoms with van der Waals surface area (Å²) < 4.78 is 0. The Labute approximate surface area is 131 Å². The fourth-order valence-corrected chi connectivity index (χ4v) is 4.01. The maximum atomic E-state index is 10.0. The molecule has 4 unspecified atom stereocenters. The van der Waals surface area contributed by atoms with Crippen LogP contribution in [0.1, 0.15) is 65.7 Å². The van der Waals surface area contributed by atoms with Crippen molar-refractivity contribution in [3.63, 3.8) is 0 Å². The van der Waals surface area contributed by atoms with Crippen LogP contribution in [0.4, 0.5) is 0 Å². The molecule has 3 nitrogen and oxygen atoms in total. The van der Waals surface area contributed by atoms with Gasteiger partial charge in [-0.1, -0.05) is 26.2 Å². The summed E-state index contributed by atoms with van der Waals surface area (Å²) in [6.07, 6.45) is 9.25. The Morgan fingerprint density at radius 2 is 1.86 bits per heavy atom. The summed E-state index contributed by atoms with van der Waals surface area (Å²) in [5.41, 5.74) is 0. The first-order chi connectivity index (χ1) is 10.1. The minimum absolute atomic E-state index is 0.184. The maximum Gasteiger partial charge on any atom is 0.0553 e. The molecule has 0 radical (unpaired) electrons. The van der Waals surface area contributed by atoms with Crippen LogP contribution in [-0.4, -0.2) is 47.8 Å². The van der Waals surface area contributed by atoms with Gasteiger partial charge in [0, 0.05) is 25.2 Å². The van der Waals surface area contributed by atoms with Crippen molar-refractivity contribution in [3.8, 4) is 0 Å². The molecule has 0 aromatic rings. The van der Waals surface area contributed by atoms with E-state index in [1.807, 2.05) is 6.92 Å². The molecular formula is C18H36N2O. The first kappa shape index (κ1) is 17.2. The van der Waals surface area contributed by atoms with Gasteiger partial charge in [-0.3, -0.25) is 4.90 Å². The Kier molecular flexibility index (Phi) is 6.97. The normalized spacial score (nSPS) is 32.0. The van der Waals surface area contributed by atoms with Gasteiger partial charge in [-0.15, -0.1) is 0 Å². The highest BCUT2D eigenvalue weighted by molar-refractivity contribution is 4.88. The molecule has 0 amide bonds. The van der Waals surface area contributed by atoms with Gasteiger partial charge in [-0.2, -0.15) is 0 Å². The molecule has 2 rings (SSSR count). The van der Waals surface area contributed by atoms with Gasteiger partial charge in [-0.25, -0.2) is 0 Å². The van der Waals surface area contributed by atoms with Gasteiger partial charge in [-0.05, 0) is 57.9 Å². The lowest BCUT2D eigenvalue weighted by atomic mass is 9.87. The SMILES string of the molecule is CCC(C)N1CC(NCC2CCCCC2)CC(C(C)O)C1. The van der Waals surface area contributed by atoms with Crippen LogP contribution >= 0.6 is 0 Å². The van der Waals surface area contributed by atoms with Crippen molar-refractivity contribution in [3.05, 3.63) is 0 Å². The van der Waals surface area contributed by atoms with Gasteiger partial charge in [0.25, 0.3) is 0 Å². The average Bonchev–Trinajstić information content (AvgIpc) is 2.52. The van der Waals surface area contributed by atoms with Crippen LogP contribution in [0.25, 0.3) is 0 Å². The van der Waals surface area contributed by atoms with Gasteiger partial charge >= 0.3 is 0 Å². The summed E-state index contributed by atoms with van der Waals surface area (Å²) in [6, 6.07) is 1.19. The lowest BCUT2D eigenvalue weighted by molar-refractivity contribution is 0.0306. The van der Waals surface area contributed by atoms with Gasteiger partial charge in [0.2, 0.25) is 0 Å². The lowest BCUT2D eigenvalue weighted by Crippen LogP contribution is -2.54. The van der Waals surface area contributed by atoms with Crippen molar-refractivity contribution >= 4 is 0 Å². The molecule has 21 heavy (non-hydrogen) atoms. The van der Waals surface area contributed by atoms with E-state index in [1.165, 1.54) is 45.1 Å².